The molecule has 1 N–H and O–H groups in total. The van der Waals surface area contributed by atoms with E-state index in [0.717, 1.165) is 32.8 Å². The van der Waals surface area contributed by atoms with Crippen molar-refractivity contribution in [2.45, 2.75) is 38.3 Å². The molecule has 1 heterocycles. The summed E-state index contributed by atoms with van der Waals surface area (Å²) in [4.78, 5) is 0. The number of ether oxygens (including phenoxy) is 2. The van der Waals surface area contributed by atoms with Crippen molar-refractivity contribution in [3.63, 3.8) is 0 Å². The Bertz CT molecular complexity index is 349. The van der Waals surface area contributed by atoms with Crippen LogP contribution in [0.15, 0.2) is 30.3 Å². The van der Waals surface area contributed by atoms with Crippen molar-refractivity contribution in [3.8, 4) is 0 Å². The molecule has 0 spiro atoms. The highest BCUT2D eigenvalue weighted by Crippen LogP contribution is 2.13. The normalized spacial score (nSPS) is 22.3. The topological polar surface area (TPSA) is 30.5 Å². The number of nitrogens with one attached hydrogen (secondary N) is 1. The molecule has 3 atom stereocenters. The van der Waals surface area contributed by atoms with E-state index in [1.807, 2.05) is 0 Å². The van der Waals surface area contributed by atoms with Gasteiger partial charge in [-0.2, -0.15) is 0 Å². The summed E-state index contributed by atoms with van der Waals surface area (Å²) in [6.07, 6.45) is 1.34. The summed E-state index contributed by atoms with van der Waals surface area (Å²) in [7, 11) is 0. The molecule has 3 heteroatoms. The first-order valence-corrected chi connectivity index (χ1v) is 7.23. The quantitative estimate of drug-likeness (QED) is 0.820. The zero-order chi connectivity index (χ0) is 13.5. The Morgan fingerprint density at radius 1 is 1.32 bits per heavy atom. The molecule has 0 aliphatic carbocycles. The van der Waals surface area contributed by atoms with Crippen molar-refractivity contribution >= 4 is 0 Å². The molecule has 1 aliphatic heterocycles. The second-order valence-corrected chi connectivity index (χ2v) is 5.44. The van der Waals surface area contributed by atoms with Crippen LogP contribution >= 0.6 is 0 Å². The Hall–Kier alpha value is -0.900. The van der Waals surface area contributed by atoms with Gasteiger partial charge in [0.15, 0.2) is 0 Å². The van der Waals surface area contributed by atoms with Crippen LogP contribution in [0.4, 0.5) is 0 Å². The standard InChI is InChI=1S/C16H25NO2/c1-13(15-6-4-3-5-7-15)10-17-14(2)11-19-16-8-9-18-12-16/h3-7,13-14,16-17H,8-12H2,1-2H3/t13-,14+,16+/m0/s1. The number of hydrogen-bond acceptors (Lipinski definition) is 3. The van der Waals surface area contributed by atoms with E-state index in [2.05, 4.69) is 49.5 Å². The van der Waals surface area contributed by atoms with Crippen LogP contribution in [0.3, 0.4) is 0 Å². The number of hydrogen-bond donors (Lipinski definition) is 1. The van der Waals surface area contributed by atoms with Crippen molar-refractivity contribution in [1.82, 2.24) is 5.32 Å². The van der Waals surface area contributed by atoms with Crippen LogP contribution in [0.5, 0.6) is 0 Å². The van der Waals surface area contributed by atoms with Gasteiger partial charge in [0.2, 0.25) is 0 Å². The third-order valence-corrected chi connectivity index (χ3v) is 3.61. The molecule has 1 aromatic rings. The van der Waals surface area contributed by atoms with Crippen molar-refractivity contribution in [3.05, 3.63) is 35.9 Å². The third-order valence-electron chi connectivity index (χ3n) is 3.61. The van der Waals surface area contributed by atoms with Gasteiger partial charge >= 0.3 is 0 Å². The molecule has 1 aromatic carbocycles. The van der Waals surface area contributed by atoms with E-state index < -0.39 is 0 Å². The molecule has 0 saturated carbocycles. The Morgan fingerprint density at radius 2 is 2.11 bits per heavy atom. The molecule has 1 saturated heterocycles. The average molecular weight is 263 g/mol. The first kappa shape index (κ1) is 14.5. The molecule has 1 aliphatic rings. The lowest BCUT2D eigenvalue weighted by Crippen LogP contribution is -2.34. The van der Waals surface area contributed by atoms with Crippen LogP contribution in [-0.4, -0.2) is 38.5 Å². The van der Waals surface area contributed by atoms with E-state index in [-0.39, 0.29) is 0 Å². The molecule has 0 aromatic heterocycles. The molecule has 19 heavy (non-hydrogen) atoms. The van der Waals surface area contributed by atoms with Gasteiger partial charge in [0.25, 0.3) is 0 Å². The maximum atomic E-state index is 5.82. The molecule has 2 rings (SSSR count). The summed E-state index contributed by atoms with van der Waals surface area (Å²) in [6.45, 7) is 7.77. The van der Waals surface area contributed by atoms with Gasteiger partial charge in [-0.15, -0.1) is 0 Å². The first-order valence-electron chi connectivity index (χ1n) is 7.23. The van der Waals surface area contributed by atoms with Crippen molar-refractivity contribution in [1.29, 1.82) is 0 Å². The molecule has 3 nitrogen and oxygen atoms in total. The molecule has 0 amide bonds. The van der Waals surface area contributed by atoms with E-state index in [0.29, 0.717) is 18.1 Å². The van der Waals surface area contributed by atoms with E-state index >= 15 is 0 Å². The summed E-state index contributed by atoms with van der Waals surface area (Å²) in [5.74, 6) is 0.526. The minimum atomic E-state index is 0.302. The highest BCUT2D eigenvalue weighted by molar-refractivity contribution is 5.18. The van der Waals surface area contributed by atoms with E-state index in [1.165, 1.54) is 5.56 Å². The highest BCUT2D eigenvalue weighted by Gasteiger charge is 2.17. The first-order chi connectivity index (χ1) is 9.25. The fourth-order valence-electron chi connectivity index (χ4n) is 2.26. The molecule has 0 bridgehead atoms. The van der Waals surface area contributed by atoms with Gasteiger partial charge in [-0.05, 0) is 24.8 Å². The van der Waals surface area contributed by atoms with Gasteiger partial charge in [-0.1, -0.05) is 37.3 Å². The van der Waals surface area contributed by atoms with Gasteiger partial charge in [0, 0.05) is 19.2 Å². The third kappa shape index (κ3) is 4.94. The minimum Gasteiger partial charge on any atom is -0.379 e. The van der Waals surface area contributed by atoms with E-state index in [1.54, 1.807) is 0 Å². The Morgan fingerprint density at radius 3 is 2.79 bits per heavy atom. The summed E-state index contributed by atoms with van der Waals surface area (Å²) >= 11 is 0. The number of benzene rings is 1. The Balaban J connectivity index is 1.64. The monoisotopic (exact) mass is 263 g/mol. The maximum Gasteiger partial charge on any atom is 0.0831 e. The van der Waals surface area contributed by atoms with Crippen LogP contribution in [-0.2, 0) is 9.47 Å². The predicted molar refractivity (Wildman–Crippen MR) is 77.5 cm³/mol. The smallest absolute Gasteiger partial charge is 0.0831 e. The Kier molecular flexibility index (Phi) is 5.83. The molecule has 0 unspecified atom stereocenters. The molecule has 106 valence electrons. The van der Waals surface area contributed by atoms with Crippen LogP contribution in [0.25, 0.3) is 0 Å². The largest absolute Gasteiger partial charge is 0.379 e. The van der Waals surface area contributed by atoms with Gasteiger partial charge < -0.3 is 14.8 Å². The van der Waals surface area contributed by atoms with E-state index in [9.17, 15) is 0 Å². The molecule has 0 radical (unpaired) electrons. The second kappa shape index (κ2) is 7.63. The van der Waals surface area contributed by atoms with Gasteiger partial charge in [0.1, 0.15) is 0 Å². The lowest BCUT2D eigenvalue weighted by atomic mass is 10.0. The van der Waals surface area contributed by atoms with Crippen molar-refractivity contribution in [2.75, 3.05) is 26.4 Å². The molecular formula is C16H25NO2. The predicted octanol–water partition coefficient (Wildman–Crippen LogP) is 2.57. The van der Waals surface area contributed by atoms with Crippen LogP contribution in [0.2, 0.25) is 0 Å². The zero-order valence-electron chi connectivity index (χ0n) is 12.0. The zero-order valence-corrected chi connectivity index (χ0v) is 12.0. The van der Waals surface area contributed by atoms with Crippen LogP contribution in [0, 0.1) is 0 Å². The number of rotatable bonds is 7. The minimum absolute atomic E-state index is 0.302. The molecular weight excluding hydrogens is 238 g/mol. The van der Waals surface area contributed by atoms with Crippen molar-refractivity contribution in [2.24, 2.45) is 0 Å². The van der Waals surface area contributed by atoms with Gasteiger partial charge in [-0.3, -0.25) is 0 Å². The van der Waals surface area contributed by atoms with Gasteiger partial charge in [-0.25, -0.2) is 0 Å². The van der Waals surface area contributed by atoms with Gasteiger partial charge in [0.05, 0.1) is 19.3 Å². The fourth-order valence-corrected chi connectivity index (χ4v) is 2.26. The highest BCUT2D eigenvalue weighted by atomic mass is 16.5. The van der Waals surface area contributed by atoms with Crippen LogP contribution < -0.4 is 5.32 Å². The maximum absolute atomic E-state index is 5.82. The summed E-state index contributed by atoms with van der Waals surface area (Å²) in [6, 6.07) is 11.0. The lowest BCUT2D eigenvalue weighted by Gasteiger charge is -2.19. The SMILES string of the molecule is C[C@H](CO[C@@H]1CCOC1)NC[C@H](C)c1ccccc1. The fraction of sp³-hybridized carbons (Fsp3) is 0.625. The van der Waals surface area contributed by atoms with Crippen molar-refractivity contribution < 1.29 is 9.47 Å². The lowest BCUT2D eigenvalue weighted by molar-refractivity contribution is 0.0323. The summed E-state index contributed by atoms with van der Waals surface area (Å²) in [5.41, 5.74) is 1.38. The summed E-state index contributed by atoms with van der Waals surface area (Å²) in [5, 5.41) is 3.54. The van der Waals surface area contributed by atoms with Crippen LogP contribution in [0.1, 0.15) is 31.7 Å². The van der Waals surface area contributed by atoms with E-state index in [4.69, 9.17) is 9.47 Å². The molecule has 1 fully saturated rings. The summed E-state index contributed by atoms with van der Waals surface area (Å²) < 4.78 is 11.1. The second-order valence-electron chi connectivity index (χ2n) is 5.44. The average Bonchev–Trinajstić information content (AvgIpc) is 2.96. The Labute approximate surface area is 116 Å².